The summed E-state index contributed by atoms with van der Waals surface area (Å²) in [6.45, 7) is 0. The summed E-state index contributed by atoms with van der Waals surface area (Å²) >= 11 is 0.802. The van der Waals surface area contributed by atoms with Gasteiger partial charge in [-0.25, -0.2) is 8.78 Å². The SMILES string of the molecule is N=C(N)SCC(=O)Nc1cc(F)ccc1F. The summed E-state index contributed by atoms with van der Waals surface area (Å²) in [7, 11) is 0. The number of nitrogens with two attached hydrogens (primary N) is 1. The average Bonchev–Trinajstić information content (AvgIpc) is 2.20. The zero-order valence-electron chi connectivity index (χ0n) is 8.09. The Balaban J connectivity index is 2.62. The Hall–Kier alpha value is -1.63. The Morgan fingerprint density at radius 1 is 1.50 bits per heavy atom. The van der Waals surface area contributed by atoms with Crippen LogP contribution in [0.1, 0.15) is 0 Å². The van der Waals surface area contributed by atoms with Crippen molar-refractivity contribution in [1.29, 1.82) is 5.41 Å². The maximum absolute atomic E-state index is 13.1. The molecule has 16 heavy (non-hydrogen) atoms. The van der Waals surface area contributed by atoms with E-state index in [4.69, 9.17) is 11.1 Å². The highest BCUT2D eigenvalue weighted by Gasteiger charge is 2.08. The maximum Gasteiger partial charge on any atom is 0.234 e. The predicted molar refractivity (Wildman–Crippen MR) is 59.4 cm³/mol. The number of amides is 1. The monoisotopic (exact) mass is 245 g/mol. The molecule has 4 N–H and O–H groups in total. The summed E-state index contributed by atoms with van der Waals surface area (Å²) in [5, 5.41) is 8.84. The van der Waals surface area contributed by atoms with Crippen molar-refractivity contribution >= 4 is 28.5 Å². The lowest BCUT2D eigenvalue weighted by atomic mass is 10.3. The van der Waals surface area contributed by atoms with Gasteiger partial charge in [-0.1, -0.05) is 11.8 Å². The Morgan fingerprint density at radius 2 is 2.19 bits per heavy atom. The molecule has 1 amide bonds. The van der Waals surface area contributed by atoms with Gasteiger partial charge < -0.3 is 11.1 Å². The van der Waals surface area contributed by atoms with Crippen LogP contribution in [0.4, 0.5) is 14.5 Å². The van der Waals surface area contributed by atoms with Gasteiger partial charge in [0, 0.05) is 6.07 Å². The van der Waals surface area contributed by atoms with E-state index in [1.54, 1.807) is 0 Å². The zero-order valence-corrected chi connectivity index (χ0v) is 8.91. The van der Waals surface area contributed by atoms with Crippen LogP contribution in [-0.2, 0) is 4.79 Å². The topological polar surface area (TPSA) is 79.0 Å². The van der Waals surface area contributed by atoms with Gasteiger partial charge >= 0.3 is 0 Å². The molecule has 0 heterocycles. The number of halogens is 2. The lowest BCUT2D eigenvalue weighted by molar-refractivity contribution is -0.113. The minimum atomic E-state index is -0.720. The largest absolute Gasteiger partial charge is 0.379 e. The molecule has 0 fully saturated rings. The summed E-state index contributed by atoms with van der Waals surface area (Å²) < 4.78 is 25.8. The molecule has 1 rings (SSSR count). The average molecular weight is 245 g/mol. The van der Waals surface area contributed by atoms with E-state index < -0.39 is 17.5 Å². The molecule has 1 aromatic carbocycles. The van der Waals surface area contributed by atoms with Crippen molar-refractivity contribution in [3.63, 3.8) is 0 Å². The van der Waals surface area contributed by atoms with E-state index in [1.165, 1.54) is 0 Å². The third kappa shape index (κ3) is 3.85. The first kappa shape index (κ1) is 12.4. The summed E-state index contributed by atoms with van der Waals surface area (Å²) in [5.41, 5.74) is 4.79. The van der Waals surface area contributed by atoms with Gasteiger partial charge in [0.25, 0.3) is 0 Å². The number of thioether (sulfide) groups is 1. The number of carbonyl (C=O) groups excluding carboxylic acids is 1. The number of hydrogen-bond acceptors (Lipinski definition) is 3. The molecular formula is C9H9F2N3OS. The van der Waals surface area contributed by atoms with Crippen LogP contribution >= 0.6 is 11.8 Å². The van der Waals surface area contributed by atoms with Crippen molar-refractivity contribution in [1.82, 2.24) is 0 Å². The predicted octanol–water partition coefficient (Wildman–Crippen LogP) is 1.53. The van der Waals surface area contributed by atoms with Gasteiger partial charge in [0.1, 0.15) is 11.6 Å². The Bertz CT molecular complexity index is 425. The second-order valence-corrected chi connectivity index (χ2v) is 3.84. The highest BCUT2D eigenvalue weighted by atomic mass is 32.2. The molecule has 0 saturated carbocycles. The Kier molecular flexibility index (Phi) is 4.24. The van der Waals surface area contributed by atoms with Crippen molar-refractivity contribution in [2.45, 2.75) is 0 Å². The molecule has 0 radical (unpaired) electrons. The number of carbonyl (C=O) groups is 1. The fourth-order valence-corrected chi connectivity index (χ4v) is 1.28. The van der Waals surface area contributed by atoms with Crippen LogP contribution in [0.15, 0.2) is 18.2 Å². The van der Waals surface area contributed by atoms with Gasteiger partial charge in [-0.2, -0.15) is 0 Å². The van der Waals surface area contributed by atoms with E-state index in [0.29, 0.717) is 0 Å². The third-order valence-electron chi connectivity index (χ3n) is 1.56. The van der Waals surface area contributed by atoms with Crippen LogP contribution in [0.2, 0.25) is 0 Å². The second-order valence-electron chi connectivity index (χ2n) is 2.83. The summed E-state index contributed by atoms with van der Waals surface area (Å²) in [5.74, 6) is -2.03. The van der Waals surface area contributed by atoms with Crippen molar-refractivity contribution < 1.29 is 13.6 Å². The third-order valence-corrected chi connectivity index (χ3v) is 2.28. The molecule has 7 heteroatoms. The molecule has 0 aliphatic carbocycles. The smallest absolute Gasteiger partial charge is 0.234 e. The van der Waals surface area contributed by atoms with Crippen molar-refractivity contribution in [2.24, 2.45) is 5.73 Å². The molecule has 0 spiro atoms. The van der Waals surface area contributed by atoms with Crippen molar-refractivity contribution in [2.75, 3.05) is 11.1 Å². The highest BCUT2D eigenvalue weighted by Crippen LogP contribution is 2.15. The molecule has 0 aromatic heterocycles. The van der Waals surface area contributed by atoms with E-state index in [1.807, 2.05) is 0 Å². The van der Waals surface area contributed by atoms with Gasteiger partial charge in [-0.15, -0.1) is 0 Å². The van der Waals surface area contributed by atoms with E-state index in [-0.39, 0.29) is 16.6 Å². The van der Waals surface area contributed by atoms with Gasteiger partial charge in [0.05, 0.1) is 11.4 Å². The van der Waals surface area contributed by atoms with E-state index >= 15 is 0 Å². The normalized spacial score (nSPS) is 9.88. The molecular weight excluding hydrogens is 236 g/mol. The molecule has 0 atom stereocenters. The van der Waals surface area contributed by atoms with E-state index in [2.05, 4.69) is 5.32 Å². The Labute approximate surface area is 94.7 Å². The number of nitrogens with one attached hydrogen (secondary N) is 2. The summed E-state index contributed by atoms with van der Waals surface area (Å²) in [6.07, 6.45) is 0. The number of rotatable bonds is 3. The van der Waals surface area contributed by atoms with Crippen LogP contribution in [0.25, 0.3) is 0 Å². The molecule has 0 unspecified atom stereocenters. The highest BCUT2D eigenvalue weighted by molar-refractivity contribution is 8.14. The molecule has 4 nitrogen and oxygen atoms in total. The first-order valence-electron chi connectivity index (χ1n) is 4.21. The van der Waals surface area contributed by atoms with Crippen molar-refractivity contribution in [3.05, 3.63) is 29.8 Å². The first-order valence-corrected chi connectivity index (χ1v) is 5.19. The standard InChI is InChI=1S/C9H9F2N3OS/c10-5-1-2-6(11)7(3-5)14-8(15)4-16-9(12)13/h1-3H,4H2,(H3,12,13)(H,14,15). The molecule has 0 bridgehead atoms. The molecule has 0 saturated heterocycles. The first-order chi connectivity index (χ1) is 7.49. The number of anilines is 1. The molecule has 0 aliphatic heterocycles. The molecule has 0 aliphatic rings. The maximum atomic E-state index is 13.1. The molecule has 1 aromatic rings. The number of hydrogen-bond donors (Lipinski definition) is 3. The summed E-state index contributed by atoms with van der Waals surface area (Å²) in [4.78, 5) is 11.2. The fourth-order valence-electron chi connectivity index (χ4n) is 0.923. The fraction of sp³-hybridized carbons (Fsp3) is 0.111. The second kappa shape index (κ2) is 5.45. The van der Waals surface area contributed by atoms with Gasteiger partial charge in [-0.3, -0.25) is 10.2 Å². The minimum Gasteiger partial charge on any atom is -0.379 e. The van der Waals surface area contributed by atoms with Crippen LogP contribution in [0.3, 0.4) is 0 Å². The van der Waals surface area contributed by atoms with Gasteiger partial charge in [-0.05, 0) is 12.1 Å². The lowest BCUT2D eigenvalue weighted by Crippen LogP contribution is -2.18. The van der Waals surface area contributed by atoms with E-state index in [0.717, 1.165) is 30.0 Å². The van der Waals surface area contributed by atoms with Crippen LogP contribution < -0.4 is 11.1 Å². The van der Waals surface area contributed by atoms with E-state index in [9.17, 15) is 13.6 Å². The number of amidine groups is 1. The van der Waals surface area contributed by atoms with Crippen LogP contribution in [0, 0.1) is 17.0 Å². The minimum absolute atomic E-state index is 0.120. The number of benzene rings is 1. The van der Waals surface area contributed by atoms with Gasteiger partial charge in [0.15, 0.2) is 5.17 Å². The van der Waals surface area contributed by atoms with Gasteiger partial charge in [0.2, 0.25) is 5.91 Å². The van der Waals surface area contributed by atoms with Crippen LogP contribution in [-0.4, -0.2) is 16.8 Å². The van der Waals surface area contributed by atoms with Crippen molar-refractivity contribution in [3.8, 4) is 0 Å². The summed E-state index contributed by atoms with van der Waals surface area (Å²) in [6, 6.07) is 2.75. The zero-order chi connectivity index (χ0) is 12.1. The van der Waals surface area contributed by atoms with Crippen LogP contribution in [0.5, 0.6) is 0 Å². The quantitative estimate of drug-likeness (QED) is 0.558. The molecule has 86 valence electrons. The lowest BCUT2D eigenvalue weighted by Gasteiger charge is -2.05. The Morgan fingerprint density at radius 3 is 2.81 bits per heavy atom.